The van der Waals surface area contributed by atoms with Crippen molar-refractivity contribution in [3.8, 4) is 16.3 Å². The van der Waals surface area contributed by atoms with E-state index < -0.39 is 35.0 Å². The van der Waals surface area contributed by atoms with Crippen LogP contribution in [0.5, 0.6) is 5.75 Å². The molecule has 6 unspecified atom stereocenters. The molecule has 2 aromatic carbocycles. The highest BCUT2D eigenvalue weighted by atomic mass is 35.5. The minimum absolute atomic E-state index is 0.0452. The van der Waals surface area contributed by atoms with Gasteiger partial charge < -0.3 is 5.11 Å². The summed E-state index contributed by atoms with van der Waals surface area (Å²) in [5.74, 6) is -3.96. The van der Waals surface area contributed by atoms with Gasteiger partial charge >= 0.3 is 0 Å². The second-order valence-electron chi connectivity index (χ2n) is 14.0. The van der Waals surface area contributed by atoms with Crippen molar-refractivity contribution in [2.24, 2.45) is 36.1 Å². The normalized spacial score (nSPS) is 27.9. The Morgan fingerprint density at radius 2 is 1.86 bits per heavy atom. The van der Waals surface area contributed by atoms with Gasteiger partial charge in [-0.25, -0.2) is 4.90 Å². The van der Waals surface area contributed by atoms with Gasteiger partial charge in [0, 0.05) is 41.4 Å². The van der Waals surface area contributed by atoms with Crippen LogP contribution in [0.3, 0.4) is 0 Å². The van der Waals surface area contributed by atoms with E-state index >= 15 is 0 Å². The van der Waals surface area contributed by atoms with E-state index in [0.29, 0.717) is 40.5 Å². The lowest BCUT2D eigenvalue weighted by Crippen LogP contribution is -2.48. The van der Waals surface area contributed by atoms with Crippen molar-refractivity contribution < 1.29 is 24.3 Å². The number of aromatic nitrogens is 2. The van der Waals surface area contributed by atoms with Crippen LogP contribution < -0.4 is 4.90 Å². The first-order valence-electron chi connectivity index (χ1n) is 16.4. The zero-order chi connectivity index (χ0) is 34.7. The van der Waals surface area contributed by atoms with Crippen LogP contribution in [0.15, 0.2) is 66.8 Å². The van der Waals surface area contributed by atoms with Crippen molar-refractivity contribution in [3.63, 3.8) is 0 Å². The fraction of sp³-hybridized carbons (Fsp3) is 0.342. The number of amides is 4. The summed E-state index contributed by atoms with van der Waals surface area (Å²) in [7, 11) is 3.23. The van der Waals surface area contributed by atoms with Gasteiger partial charge in [0.1, 0.15) is 17.3 Å². The number of hydrogen-bond donors (Lipinski definition) is 1. The third-order valence-corrected chi connectivity index (χ3v) is 13.1. The lowest BCUT2D eigenvalue weighted by atomic mass is 9.51. The molecule has 4 aliphatic rings. The highest BCUT2D eigenvalue weighted by Crippen LogP contribution is 2.64. The SMILES string of the molecule is C=CCc1cccc(C2C3=CCC4C(=O)N(C)C(=O)C4C3CC3C(=O)N(c4cc(-c5sc6ccc(Cl)cc6c5C)nn4C)C(=O)C32C)c1O. The molecule has 2 aliphatic heterocycles. The molecular formula is C38H35ClN4O5S. The number of halogens is 1. The second kappa shape index (κ2) is 11.0. The number of para-hydroxylation sites is 1. The number of aryl methyl sites for hydroxylation is 2. The van der Waals surface area contributed by atoms with Crippen LogP contribution >= 0.6 is 22.9 Å². The summed E-state index contributed by atoms with van der Waals surface area (Å²) >= 11 is 7.87. The summed E-state index contributed by atoms with van der Waals surface area (Å²) in [4.78, 5) is 59.8. The molecule has 3 fully saturated rings. The van der Waals surface area contributed by atoms with Crippen LogP contribution in [0.2, 0.25) is 5.02 Å². The summed E-state index contributed by atoms with van der Waals surface area (Å²) in [5.41, 5.74) is 2.36. The van der Waals surface area contributed by atoms with Crippen molar-refractivity contribution in [2.75, 3.05) is 11.9 Å². The molecule has 11 heteroatoms. The Balaban J connectivity index is 1.27. The van der Waals surface area contributed by atoms with E-state index in [1.54, 1.807) is 41.3 Å². The summed E-state index contributed by atoms with van der Waals surface area (Å²) < 4.78 is 2.62. The van der Waals surface area contributed by atoms with Crippen molar-refractivity contribution >= 4 is 62.5 Å². The fourth-order valence-corrected chi connectivity index (χ4v) is 10.4. The molecule has 1 N–H and O–H groups in total. The maximum absolute atomic E-state index is 15.0. The maximum atomic E-state index is 15.0. The zero-order valence-electron chi connectivity index (χ0n) is 27.6. The molecule has 2 aromatic heterocycles. The molecule has 6 atom stereocenters. The molecule has 8 rings (SSSR count). The number of anilines is 1. The van der Waals surface area contributed by atoms with Crippen LogP contribution in [-0.4, -0.2) is 50.5 Å². The molecule has 0 bridgehead atoms. The van der Waals surface area contributed by atoms with Gasteiger partial charge in [0.05, 0.1) is 28.0 Å². The van der Waals surface area contributed by atoms with Crippen molar-refractivity contribution in [1.29, 1.82) is 0 Å². The third-order valence-electron chi connectivity index (χ3n) is 11.5. The predicted octanol–water partition coefficient (Wildman–Crippen LogP) is 6.56. The molecule has 4 amide bonds. The molecule has 0 spiro atoms. The number of imide groups is 2. The van der Waals surface area contributed by atoms with Gasteiger partial charge in [-0.2, -0.15) is 5.10 Å². The molecule has 4 aromatic rings. The van der Waals surface area contributed by atoms with E-state index in [9.17, 15) is 24.3 Å². The van der Waals surface area contributed by atoms with Crippen LogP contribution in [0, 0.1) is 36.0 Å². The number of carbonyl (C=O) groups is 4. The summed E-state index contributed by atoms with van der Waals surface area (Å²) in [6, 6.07) is 13.0. The molecule has 2 aliphatic carbocycles. The van der Waals surface area contributed by atoms with Gasteiger partial charge in [-0.15, -0.1) is 17.9 Å². The lowest BCUT2D eigenvalue weighted by Gasteiger charge is -2.49. The van der Waals surface area contributed by atoms with E-state index in [0.717, 1.165) is 26.1 Å². The number of likely N-dealkylation sites (tertiary alicyclic amines) is 1. The Hall–Kier alpha value is -4.54. The number of fused-ring (bicyclic) bond motifs is 5. The molecular weight excluding hydrogens is 660 g/mol. The van der Waals surface area contributed by atoms with Crippen molar-refractivity contribution in [2.45, 2.75) is 39.0 Å². The maximum Gasteiger partial charge on any atom is 0.242 e. The minimum atomic E-state index is -1.29. The molecule has 9 nitrogen and oxygen atoms in total. The summed E-state index contributed by atoms with van der Waals surface area (Å²) in [6.07, 6.45) is 4.70. The quantitative estimate of drug-likeness (QED) is 0.187. The van der Waals surface area contributed by atoms with Crippen LogP contribution in [-0.2, 0) is 32.6 Å². The molecule has 0 radical (unpaired) electrons. The Bertz CT molecular complexity index is 2200. The molecule has 250 valence electrons. The van der Waals surface area contributed by atoms with Gasteiger partial charge in [0.15, 0.2) is 0 Å². The van der Waals surface area contributed by atoms with Gasteiger partial charge in [-0.1, -0.05) is 47.5 Å². The number of rotatable bonds is 5. The number of allylic oxidation sites excluding steroid dienone is 3. The van der Waals surface area contributed by atoms with Gasteiger partial charge in [-0.05, 0) is 73.7 Å². The number of thiophene rings is 1. The standard InChI is InChI=1S/C38H35ClN4O5S/c1-6-8-19-9-7-10-23(32(19)44)31-21-12-13-22-30(36(47)41(4)34(22)45)25(21)16-26-35(46)43(37(48)38(26,31)3)29-17-27(40-42(29)5)33-18(2)24-15-20(39)11-14-28(24)49-33/h6-7,9-12,14-15,17,22,25-26,30-31,44H,1,8,13,16H2,2-5H3. The largest absolute Gasteiger partial charge is 0.507 e. The lowest BCUT2D eigenvalue weighted by molar-refractivity contribution is -0.138. The Kier molecular flexibility index (Phi) is 7.11. The third kappa shape index (κ3) is 4.26. The predicted molar refractivity (Wildman–Crippen MR) is 188 cm³/mol. The van der Waals surface area contributed by atoms with Crippen molar-refractivity contribution in [1.82, 2.24) is 14.7 Å². The Morgan fingerprint density at radius 1 is 1.08 bits per heavy atom. The number of nitrogens with zero attached hydrogens (tertiary/aromatic N) is 4. The molecule has 4 heterocycles. The highest BCUT2D eigenvalue weighted by molar-refractivity contribution is 7.22. The van der Waals surface area contributed by atoms with Gasteiger partial charge in [0.2, 0.25) is 23.6 Å². The topological polar surface area (TPSA) is 113 Å². The summed E-state index contributed by atoms with van der Waals surface area (Å²) in [6.45, 7) is 7.66. The smallest absolute Gasteiger partial charge is 0.242 e. The highest BCUT2D eigenvalue weighted by Gasteiger charge is 2.68. The number of hydrogen-bond acceptors (Lipinski definition) is 7. The minimum Gasteiger partial charge on any atom is -0.507 e. The van der Waals surface area contributed by atoms with Crippen molar-refractivity contribution in [3.05, 3.63) is 88.5 Å². The van der Waals surface area contributed by atoms with Gasteiger partial charge in [-0.3, -0.25) is 28.8 Å². The van der Waals surface area contributed by atoms with Crippen LogP contribution in [0.1, 0.15) is 42.4 Å². The number of benzene rings is 2. The first kappa shape index (κ1) is 31.7. The first-order valence-corrected chi connectivity index (χ1v) is 17.6. The number of aromatic hydroxyl groups is 1. The Morgan fingerprint density at radius 3 is 2.61 bits per heavy atom. The van der Waals surface area contributed by atoms with Crippen LogP contribution in [0.25, 0.3) is 20.7 Å². The Labute approximate surface area is 292 Å². The summed E-state index contributed by atoms with van der Waals surface area (Å²) in [5, 5.41) is 18.1. The van der Waals surface area contributed by atoms with E-state index in [1.807, 2.05) is 50.3 Å². The second-order valence-corrected chi connectivity index (χ2v) is 15.4. The first-order chi connectivity index (χ1) is 23.4. The van der Waals surface area contributed by atoms with E-state index in [4.69, 9.17) is 16.7 Å². The molecule has 49 heavy (non-hydrogen) atoms. The van der Waals surface area contributed by atoms with E-state index in [1.165, 1.54) is 16.8 Å². The average Bonchev–Trinajstić information content (AvgIpc) is 3.73. The number of phenols is 1. The van der Waals surface area contributed by atoms with E-state index in [-0.39, 0.29) is 35.8 Å². The van der Waals surface area contributed by atoms with E-state index in [2.05, 4.69) is 6.58 Å². The van der Waals surface area contributed by atoms with Gasteiger partial charge in [0.25, 0.3) is 0 Å². The molecule has 1 saturated carbocycles. The number of phenolic OH excluding ortho intramolecular Hbond substituents is 1. The monoisotopic (exact) mass is 694 g/mol. The average molecular weight is 695 g/mol. The number of carbonyl (C=O) groups excluding carboxylic acids is 4. The molecule has 2 saturated heterocycles. The zero-order valence-corrected chi connectivity index (χ0v) is 29.1. The van der Waals surface area contributed by atoms with Crippen LogP contribution in [0.4, 0.5) is 5.82 Å². The fourth-order valence-electron chi connectivity index (χ4n) is 9.11.